The summed E-state index contributed by atoms with van der Waals surface area (Å²) >= 11 is 6.03. The molecular weight excluding hydrogens is 546 g/mol. The highest BCUT2D eigenvalue weighted by atomic mass is 35.5. The Morgan fingerprint density at radius 2 is 1.70 bits per heavy atom. The van der Waals surface area contributed by atoms with Crippen LogP contribution in [0.3, 0.4) is 0 Å². The number of carboxylic acid groups (broad SMARTS) is 1. The van der Waals surface area contributed by atoms with Gasteiger partial charge in [-0.1, -0.05) is 23.7 Å². The minimum absolute atomic E-state index is 0.101. The Labute approximate surface area is 215 Å². The van der Waals surface area contributed by atoms with Gasteiger partial charge in [-0.25, -0.2) is 17.6 Å². The van der Waals surface area contributed by atoms with Crippen LogP contribution in [0.5, 0.6) is 5.75 Å². The zero-order valence-electron chi connectivity index (χ0n) is 19.5. The van der Waals surface area contributed by atoms with Crippen molar-refractivity contribution in [2.45, 2.75) is 17.6 Å². The number of ether oxygens (including phenoxy) is 1. The smallest absolute Gasteiger partial charge is 0.490 e. The molecule has 2 aromatic rings. The van der Waals surface area contributed by atoms with Gasteiger partial charge in [0, 0.05) is 37.7 Å². The van der Waals surface area contributed by atoms with Crippen LogP contribution in [0.1, 0.15) is 5.56 Å². The molecule has 0 spiro atoms. The molecule has 0 bridgehead atoms. The summed E-state index contributed by atoms with van der Waals surface area (Å²) in [6.45, 7) is 1.86. The van der Waals surface area contributed by atoms with Crippen LogP contribution in [0.25, 0.3) is 0 Å². The largest absolute Gasteiger partial charge is 0.495 e. The number of alkyl halides is 3. The topological polar surface area (TPSA) is 116 Å². The summed E-state index contributed by atoms with van der Waals surface area (Å²) in [5.74, 6) is -3.37. The fraction of sp³-hybridized carbons (Fsp3) is 0.364. The second-order valence-electron chi connectivity index (χ2n) is 7.63. The van der Waals surface area contributed by atoms with E-state index in [1.54, 1.807) is 4.90 Å². The molecule has 2 N–H and O–H groups in total. The third kappa shape index (κ3) is 8.84. The van der Waals surface area contributed by atoms with Crippen molar-refractivity contribution in [1.82, 2.24) is 14.5 Å². The maximum Gasteiger partial charge on any atom is 0.490 e. The van der Waals surface area contributed by atoms with Crippen LogP contribution in [0.15, 0.2) is 47.4 Å². The number of carbonyl (C=O) groups excluding carboxylic acids is 1. The van der Waals surface area contributed by atoms with Gasteiger partial charge >= 0.3 is 12.1 Å². The van der Waals surface area contributed by atoms with E-state index in [1.807, 2.05) is 0 Å². The van der Waals surface area contributed by atoms with Crippen molar-refractivity contribution >= 4 is 33.5 Å². The average molecular weight is 570 g/mol. The number of carbonyl (C=O) groups is 2. The molecule has 0 aliphatic carbocycles. The fourth-order valence-electron chi connectivity index (χ4n) is 3.18. The van der Waals surface area contributed by atoms with Crippen molar-refractivity contribution in [2.24, 2.45) is 0 Å². The molecule has 0 atom stereocenters. The quantitative estimate of drug-likeness (QED) is 0.493. The SMILES string of the molecule is COc1ccc(Cl)cc1S(=O)(=O)N(CC(=O)N1CCNCC1)Cc1ccc(F)cc1.O=C(O)C(F)(F)F. The number of methoxy groups -OCH3 is 1. The highest BCUT2D eigenvalue weighted by Crippen LogP contribution is 2.30. The third-order valence-corrected chi connectivity index (χ3v) is 7.09. The summed E-state index contributed by atoms with van der Waals surface area (Å²) in [5.41, 5.74) is 0.550. The van der Waals surface area contributed by atoms with Gasteiger partial charge in [0.2, 0.25) is 15.9 Å². The number of nitrogens with zero attached hydrogens (tertiary/aromatic N) is 2. The van der Waals surface area contributed by atoms with Gasteiger partial charge < -0.3 is 20.1 Å². The lowest BCUT2D eigenvalue weighted by atomic mass is 10.2. The predicted octanol–water partition coefficient (Wildman–Crippen LogP) is 2.74. The lowest BCUT2D eigenvalue weighted by Crippen LogP contribution is -2.50. The molecular formula is C22H24ClF4N3O6S. The van der Waals surface area contributed by atoms with Crippen LogP contribution >= 0.6 is 11.6 Å². The minimum atomic E-state index is -5.08. The zero-order chi connectivity index (χ0) is 27.8. The van der Waals surface area contributed by atoms with Gasteiger partial charge in [0.05, 0.1) is 13.7 Å². The molecule has 37 heavy (non-hydrogen) atoms. The number of aliphatic carboxylic acids is 1. The van der Waals surface area contributed by atoms with Gasteiger partial charge in [0.1, 0.15) is 16.5 Å². The standard InChI is InChI=1S/C20H23ClFN3O4S.C2HF3O2/c1-29-18-7-4-16(21)12-19(18)30(27,28)25(13-15-2-5-17(22)6-3-15)14-20(26)24-10-8-23-9-11-24;3-2(4,5)1(6)7/h2-7,12,23H,8-11,13-14H2,1H3;(H,6,7). The van der Waals surface area contributed by atoms with Crippen molar-refractivity contribution in [1.29, 1.82) is 0 Å². The highest BCUT2D eigenvalue weighted by molar-refractivity contribution is 7.89. The molecule has 9 nitrogen and oxygen atoms in total. The van der Waals surface area contributed by atoms with Gasteiger partial charge in [-0.05, 0) is 35.9 Å². The van der Waals surface area contributed by atoms with E-state index in [-0.39, 0.29) is 34.7 Å². The fourth-order valence-corrected chi connectivity index (χ4v) is 4.97. The Kier molecular flexibility index (Phi) is 10.7. The van der Waals surface area contributed by atoms with Crippen LogP contribution in [0.2, 0.25) is 5.02 Å². The molecule has 0 radical (unpaired) electrons. The van der Waals surface area contributed by atoms with Crippen molar-refractivity contribution in [3.63, 3.8) is 0 Å². The van der Waals surface area contributed by atoms with E-state index >= 15 is 0 Å². The van der Waals surface area contributed by atoms with E-state index in [0.29, 0.717) is 31.7 Å². The molecule has 2 aromatic carbocycles. The first-order valence-electron chi connectivity index (χ1n) is 10.6. The second-order valence-corrected chi connectivity index (χ2v) is 9.97. The molecule has 0 unspecified atom stereocenters. The summed E-state index contributed by atoms with van der Waals surface area (Å²) in [7, 11) is -2.78. The molecule has 0 saturated carbocycles. The number of halogens is 5. The van der Waals surface area contributed by atoms with E-state index in [9.17, 15) is 30.8 Å². The molecule has 15 heteroatoms. The minimum Gasteiger partial charge on any atom is -0.495 e. The number of hydrogen-bond acceptors (Lipinski definition) is 6. The predicted molar refractivity (Wildman–Crippen MR) is 125 cm³/mol. The Morgan fingerprint density at radius 3 is 2.22 bits per heavy atom. The second kappa shape index (κ2) is 13.0. The molecule has 204 valence electrons. The van der Waals surface area contributed by atoms with Gasteiger partial charge in [-0.2, -0.15) is 17.5 Å². The summed E-state index contributed by atoms with van der Waals surface area (Å²) in [4.78, 5) is 23.2. The summed E-state index contributed by atoms with van der Waals surface area (Å²) in [5, 5.41) is 10.5. The molecule has 1 aliphatic heterocycles. The number of rotatable bonds is 7. The van der Waals surface area contributed by atoms with Gasteiger partial charge in [0.15, 0.2) is 0 Å². The number of sulfonamides is 1. The Morgan fingerprint density at radius 1 is 1.14 bits per heavy atom. The van der Waals surface area contributed by atoms with Crippen LogP contribution in [0.4, 0.5) is 17.6 Å². The summed E-state index contributed by atoms with van der Waals surface area (Å²) in [6, 6.07) is 9.75. The lowest BCUT2D eigenvalue weighted by molar-refractivity contribution is -0.192. The number of carboxylic acids is 1. The van der Waals surface area contributed by atoms with E-state index in [4.69, 9.17) is 26.2 Å². The molecule has 3 rings (SSSR count). The Balaban J connectivity index is 0.000000604. The van der Waals surface area contributed by atoms with Gasteiger partial charge in [0.25, 0.3) is 0 Å². The zero-order valence-corrected chi connectivity index (χ0v) is 21.0. The van der Waals surface area contributed by atoms with Crippen LogP contribution in [-0.2, 0) is 26.2 Å². The number of amides is 1. The first-order chi connectivity index (χ1) is 17.3. The van der Waals surface area contributed by atoms with Crippen molar-refractivity contribution in [2.75, 3.05) is 39.8 Å². The van der Waals surface area contributed by atoms with Crippen LogP contribution < -0.4 is 10.1 Å². The first-order valence-corrected chi connectivity index (χ1v) is 12.4. The number of hydrogen-bond donors (Lipinski definition) is 2. The van der Waals surface area contributed by atoms with E-state index in [0.717, 1.165) is 4.31 Å². The lowest BCUT2D eigenvalue weighted by Gasteiger charge is -2.30. The van der Waals surface area contributed by atoms with E-state index in [2.05, 4.69) is 5.32 Å². The van der Waals surface area contributed by atoms with E-state index in [1.165, 1.54) is 49.6 Å². The van der Waals surface area contributed by atoms with E-state index < -0.39 is 28.0 Å². The van der Waals surface area contributed by atoms with Crippen LogP contribution in [0, 0.1) is 5.82 Å². The summed E-state index contributed by atoms with van der Waals surface area (Å²) < 4.78 is 78.3. The normalized spacial score (nSPS) is 14.1. The first kappa shape index (κ1) is 30.3. The molecule has 1 heterocycles. The van der Waals surface area contributed by atoms with Crippen molar-refractivity contribution < 1.29 is 45.4 Å². The average Bonchev–Trinajstić information content (AvgIpc) is 2.85. The van der Waals surface area contributed by atoms with Crippen molar-refractivity contribution in [3.05, 3.63) is 58.9 Å². The third-order valence-electron chi connectivity index (χ3n) is 5.04. The van der Waals surface area contributed by atoms with Gasteiger partial charge in [-0.15, -0.1) is 0 Å². The number of piperazine rings is 1. The molecule has 1 aliphatic rings. The van der Waals surface area contributed by atoms with Crippen molar-refractivity contribution in [3.8, 4) is 5.75 Å². The monoisotopic (exact) mass is 569 g/mol. The summed E-state index contributed by atoms with van der Waals surface area (Å²) in [6.07, 6.45) is -5.08. The highest BCUT2D eigenvalue weighted by Gasteiger charge is 2.38. The molecule has 0 aromatic heterocycles. The number of nitrogens with one attached hydrogen (secondary N) is 1. The molecule has 1 amide bonds. The maximum atomic E-state index is 13.5. The Hall–Kier alpha value is -2.94. The van der Waals surface area contributed by atoms with Crippen LogP contribution in [-0.4, -0.2) is 80.6 Å². The maximum absolute atomic E-state index is 13.5. The van der Waals surface area contributed by atoms with Gasteiger partial charge in [-0.3, -0.25) is 4.79 Å². The Bertz CT molecular complexity index is 1190. The number of benzene rings is 2. The molecule has 1 saturated heterocycles. The molecule has 1 fully saturated rings.